The van der Waals surface area contributed by atoms with Crippen molar-refractivity contribution >= 4 is 39.4 Å². The lowest BCUT2D eigenvalue weighted by Gasteiger charge is -2.05. The Bertz CT molecular complexity index is 896. The molecular formula is C16H8Cl2O3. The van der Waals surface area contributed by atoms with Gasteiger partial charge in [-0.05, 0) is 48.0 Å². The maximum absolute atomic E-state index is 12.2. The molecule has 5 heteroatoms. The topological polar surface area (TPSA) is 47.3 Å². The number of benzene rings is 2. The van der Waals surface area contributed by atoms with E-state index in [9.17, 15) is 9.59 Å². The van der Waals surface area contributed by atoms with Crippen LogP contribution in [-0.4, -0.2) is 5.24 Å². The lowest BCUT2D eigenvalue weighted by atomic mass is 10.1. The Morgan fingerprint density at radius 3 is 2.43 bits per heavy atom. The first-order valence-corrected chi connectivity index (χ1v) is 6.84. The molecule has 0 aliphatic carbocycles. The minimum absolute atomic E-state index is 0.169. The molecule has 3 rings (SSSR count). The maximum atomic E-state index is 12.2. The van der Waals surface area contributed by atoms with Crippen LogP contribution in [0.15, 0.2) is 57.7 Å². The van der Waals surface area contributed by atoms with Crippen LogP contribution in [0.4, 0.5) is 0 Å². The highest BCUT2D eigenvalue weighted by atomic mass is 35.5. The van der Waals surface area contributed by atoms with Crippen molar-refractivity contribution in [1.29, 1.82) is 0 Å². The molecule has 2 aromatic carbocycles. The molecule has 1 heterocycles. The minimum atomic E-state index is -0.669. The van der Waals surface area contributed by atoms with Gasteiger partial charge in [0.1, 0.15) is 5.76 Å². The lowest BCUT2D eigenvalue weighted by molar-refractivity contribution is 0.108. The second-order valence-electron chi connectivity index (χ2n) is 4.44. The predicted octanol–water partition coefficient (Wildman–Crippen LogP) is 4.49. The van der Waals surface area contributed by atoms with Gasteiger partial charge in [0.2, 0.25) is 0 Å². The summed E-state index contributed by atoms with van der Waals surface area (Å²) >= 11 is 11.4. The first-order valence-electron chi connectivity index (χ1n) is 6.09. The van der Waals surface area contributed by atoms with Gasteiger partial charge in [-0.3, -0.25) is 9.59 Å². The van der Waals surface area contributed by atoms with E-state index in [1.54, 1.807) is 36.4 Å². The molecule has 0 fully saturated rings. The Morgan fingerprint density at radius 1 is 1.05 bits per heavy atom. The summed E-state index contributed by atoms with van der Waals surface area (Å²) in [7, 11) is 0. The van der Waals surface area contributed by atoms with E-state index in [1.165, 1.54) is 12.1 Å². The van der Waals surface area contributed by atoms with E-state index < -0.39 is 5.24 Å². The summed E-state index contributed by atoms with van der Waals surface area (Å²) in [5.74, 6) is 0.356. The number of rotatable bonds is 2. The fourth-order valence-corrected chi connectivity index (χ4v) is 2.36. The van der Waals surface area contributed by atoms with Gasteiger partial charge in [0, 0.05) is 16.7 Å². The highest BCUT2D eigenvalue weighted by molar-refractivity contribution is 6.68. The second-order valence-corrected chi connectivity index (χ2v) is 5.22. The van der Waals surface area contributed by atoms with E-state index in [4.69, 9.17) is 27.6 Å². The molecule has 0 saturated heterocycles. The van der Waals surface area contributed by atoms with Crippen molar-refractivity contribution in [1.82, 2.24) is 0 Å². The molecule has 0 atom stereocenters. The summed E-state index contributed by atoms with van der Waals surface area (Å²) in [5, 5.41) is 0.231. The summed E-state index contributed by atoms with van der Waals surface area (Å²) in [5.41, 5.74) is 0.813. The third-order valence-electron chi connectivity index (χ3n) is 3.10. The minimum Gasteiger partial charge on any atom is -0.455 e. The molecule has 0 bridgehead atoms. The van der Waals surface area contributed by atoms with Gasteiger partial charge in [0.15, 0.2) is 11.0 Å². The monoisotopic (exact) mass is 318 g/mol. The smallest absolute Gasteiger partial charge is 0.256 e. The summed E-state index contributed by atoms with van der Waals surface area (Å²) in [6.07, 6.45) is 0. The molecule has 0 N–H and O–H groups in total. The van der Waals surface area contributed by atoms with E-state index in [-0.39, 0.29) is 16.6 Å². The Balaban J connectivity index is 2.31. The first-order chi connectivity index (χ1) is 10.1. The van der Waals surface area contributed by atoms with Gasteiger partial charge < -0.3 is 4.42 Å². The predicted molar refractivity (Wildman–Crippen MR) is 83.1 cm³/mol. The molecule has 3 aromatic rings. The maximum Gasteiger partial charge on any atom is 0.256 e. The summed E-state index contributed by atoms with van der Waals surface area (Å²) in [6, 6.07) is 12.9. The largest absolute Gasteiger partial charge is 0.455 e. The zero-order chi connectivity index (χ0) is 15.0. The number of halogens is 2. The van der Waals surface area contributed by atoms with Gasteiger partial charge in [0.05, 0.1) is 10.9 Å². The Morgan fingerprint density at radius 2 is 1.76 bits per heavy atom. The molecule has 0 unspecified atom stereocenters. The molecular weight excluding hydrogens is 311 g/mol. The standard InChI is InChI=1S/C16H8Cl2O3/c17-10-6-4-9(5-7-10)14-8-13(19)11-2-1-3-12(16(18)20)15(11)21-14/h1-8H. The highest BCUT2D eigenvalue weighted by Crippen LogP contribution is 2.26. The number of carbonyl (C=O) groups excluding carboxylic acids is 1. The van der Waals surface area contributed by atoms with Crippen LogP contribution in [0, 0.1) is 0 Å². The molecule has 0 aliphatic heterocycles. The molecule has 21 heavy (non-hydrogen) atoms. The van der Waals surface area contributed by atoms with Crippen molar-refractivity contribution in [2.75, 3.05) is 0 Å². The van der Waals surface area contributed by atoms with Crippen LogP contribution in [0.5, 0.6) is 0 Å². The molecule has 0 amide bonds. The van der Waals surface area contributed by atoms with Gasteiger partial charge >= 0.3 is 0 Å². The zero-order valence-electron chi connectivity index (χ0n) is 10.6. The fraction of sp³-hybridized carbons (Fsp3) is 0. The zero-order valence-corrected chi connectivity index (χ0v) is 12.1. The van der Waals surface area contributed by atoms with E-state index in [0.29, 0.717) is 21.7 Å². The third kappa shape index (κ3) is 2.58. The Kier molecular flexibility index (Phi) is 3.53. The van der Waals surface area contributed by atoms with Crippen molar-refractivity contribution in [2.24, 2.45) is 0 Å². The second kappa shape index (κ2) is 5.35. The van der Waals surface area contributed by atoms with Crippen LogP contribution in [0.3, 0.4) is 0 Å². The van der Waals surface area contributed by atoms with Gasteiger partial charge in [0.25, 0.3) is 5.24 Å². The van der Waals surface area contributed by atoms with Crippen LogP contribution < -0.4 is 5.43 Å². The van der Waals surface area contributed by atoms with E-state index in [1.807, 2.05) is 0 Å². The number of hydrogen-bond acceptors (Lipinski definition) is 3. The summed E-state index contributed by atoms with van der Waals surface area (Å²) in [4.78, 5) is 23.6. The van der Waals surface area contributed by atoms with E-state index in [2.05, 4.69) is 0 Å². The first kappa shape index (κ1) is 13.9. The van der Waals surface area contributed by atoms with Crippen molar-refractivity contribution in [2.45, 2.75) is 0 Å². The Labute approximate surface area is 129 Å². The summed E-state index contributed by atoms with van der Waals surface area (Å²) < 4.78 is 5.71. The number of hydrogen-bond donors (Lipinski definition) is 0. The van der Waals surface area contributed by atoms with Gasteiger partial charge in [-0.2, -0.15) is 0 Å². The third-order valence-corrected chi connectivity index (χ3v) is 3.55. The molecule has 1 aromatic heterocycles. The lowest BCUT2D eigenvalue weighted by Crippen LogP contribution is -2.03. The van der Waals surface area contributed by atoms with Crippen molar-refractivity contribution < 1.29 is 9.21 Å². The average Bonchev–Trinajstić information content (AvgIpc) is 2.47. The van der Waals surface area contributed by atoms with Crippen molar-refractivity contribution in [3.05, 3.63) is 69.3 Å². The van der Waals surface area contributed by atoms with Gasteiger partial charge in [-0.25, -0.2) is 0 Å². The molecule has 0 radical (unpaired) electrons. The normalized spacial score (nSPS) is 10.8. The van der Waals surface area contributed by atoms with E-state index >= 15 is 0 Å². The quantitative estimate of drug-likeness (QED) is 0.654. The highest BCUT2D eigenvalue weighted by Gasteiger charge is 2.13. The SMILES string of the molecule is O=C(Cl)c1cccc2c(=O)cc(-c3ccc(Cl)cc3)oc12. The average molecular weight is 319 g/mol. The van der Waals surface area contributed by atoms with Crippen LogP contribution in [-0.2, 0) is 0 Å². The molecule has 0 aliphatic rings. The number of fused-ring (bicyclic) bond motifs is 1. The molecule has 104 valence electrons. The molecule has 3 nitrogen and oxygen atoms in total. The van der Waals surface area contributed by atoms with Crippen molar-refractivity contribution in [3.8, 4) is 11.3 Å². The summed E-state index contributed by atoms with van der Waals surface area (Å²) in [6.45, 7) is 0. The van der Waals surface area contributed by atoms with Crippen molar-refractivity contribution in [3.63, 3.8) is 0 Å². The van der Waals surface area contributed by atoms with Crippen LogP contribution in [0.1, 0.15) is 10.4 Å². The van der Waals surface area contributed by atoms with Gasteiger partial charge in [-0.15, -0.1) is 0 Å². The molecule has 0 saturated carbocycles. The van der Waals surface area contributed by atoms with Gasteiger partial charge in [-0.1, -0.05) is 17.7 Å². The number of carbonyl (C=O) groups is 1. The Hall–Kier alpha value is -2.10. The van der Waals surface area contributed by atoms with Crippen LogP contribution in [0.25, 0.3) is 22.3 Å². The van der Waals surface area contributed by atoms with Crippen LogP contribution >= 0.6 is 23.2 Å². The molecule has 0 spiro atoms. The number of para-hydroxylation sites is 1. The fourth-order valence-electron chi connectivity index (χ4n) is 2.09. The van der Waals surface area contributed by atoms with Crippen LogP contribution in [0.2, 0.25) is 5.02 Å². The van der Waals surface area contributed by atoms with E-state index in [0.717, 1.165) is 0 Å².